The van der Waals surface area contributed by atoms with Gasteiger partial charge in [-0.25, -0.2) is 9.59 Å². The van der Waals surface area contributed by atoms with Gasteiger partial charge in [0.1, 0.15) is 11.6 Å². The number of carbonyl (C=O) groups excluding carboxylic acids is 3. The highest BCUT2D eigenvalue weighted by Crippen LogP contribution is 2.30. The van der Waals surface area contributed by atoms with Crippen molar-refractivity contribution in [3.63, 3.8) is 0 Å². The summed E-state index contributed by atoms with van der Waals surface area (Å²) in [6.07, 6.45) is 1.52. The van der Waals surface area contributed by atoms with Crippen molar-refractivity contribution in [1.29, 1.82) is 0 Å². The van der Waals surface area contributed by atoms with E-state index in [1.165, 1.54) is 18.9 Å². The zero-order valence-electron chi connectivity index (χ0n) is 14.4. The maximum absolute atomic E-state index is 12.4. The highest BCUT2D eigenvalue weighted by atomic mass is 16.6. The van der Waals surface area contributed by atoms with E-state index < -0.39 is 23.7 Å². The Morgan fingerprint density at radius 1 is 1.35 bits per heavy atom. The third-order valence-corrected chi connectivity index (χ3v) is 3.55. The average Bonchev–Trinajstić information content (AvgIpc) is 2.75. The molecule has 1 N–H and O–H groups in total. The first-order valence-electron chi connectivity index (χ1n) is 7.56. The van der Waals surface area contributed by atoms with Crippen LogP contribution < -0.4 is 5.32 Å². The highest BCUT2D eigenvalue weighted by Gasteiger charge is 2.49. The van der Waals surface area contributed by atoms with Gasteiger partial charge in [0.05, 0.1) is 13.2 Å². The van der Waals surface area contributed by atoms with Gasteiger partial charge in [0, 0.05) is 19.4 Å². The van der Waals surface area contributed by atoms with Crippen LogP contribution in [0.4, 0.5) is 4.79 Å². The van der Waals surface area contributed by atoms with Gasteiger partial charge in [-0.05, 0) is 27.2 Å². The summed E-state index contributed by atoms with van der Waals surface area (Å²) in [4.78, 5) is 37.4. The van der Waals surface area contributed by atoms with E-state index in [2.05, 4.69) is 11.9 Å². The lowest BCUT2D eigenvalue weighted by Crippen LogP contribution is -2.46. The van der Waals surface area contributed by atoms with Crippen LogP contribution in [0, 0.1) is 5.92 Å². The molecule has 1 fully saturated rings. The van der Waals surface area contributed by atoms with Gasteiger partial charge in [0.2, 0.25) is 5.91 Å². The van der Waals surface area contributed by atoms with E-state index in [1.54, 1.807) is 26.8 Å². The summed E-state index contributed by atoms with van der Waals surface area (Å²) in [5.41, 5.74) is -0.683. The minimum Gasteiger partial charge on any atom is -0.467 e. The Kier molecular flexibility index (Phi) is 6.18. The summed E-state index contributed by atoms with van der Waals surface area (Å²) in [5, 5.41) is 2.79. The molecule has 1 rings (SSSR count). The van der Waals surface area contributed by atoms with Crippen molar-refractivity contribution in [2.24, 2.45) is 5.92 Å². The van der Waals surface area contributed by atoms with Crippen LogP contribution in [0.3, 0.4) is 0 Å². The summed E-state index contributed by atoms with van der Waals surface area (Å²) < 4.78 is 10.2. The van der Waals surface area contributed by atoms with Crippen LogP contribution in [0.2, 0.25) is 0 Å². The van der Waals surface area contributed by atoms with E-state index in [9.17, 15) is 14.4 Å². The Balaban J connectivity index is 3.10. The number of ether oxygens (including phenoxy) is 2. The molecule has 2 amide bonds. The lowest BCUT2D eigenvalue weighted by molar-refractivity contribution is -0.147. The molecule has 0 radical (unpaired) electrons. The molecule has 0 aromatic carbocycles. The second-order valence-electron chi connectivity index (χ2n) is 6.60. The quantitative estimate of drug-likeness (QED) is 0.625. The van der Waals surface area contributed by atoms with Crippen LogP contribution >= 0.6 is 0 Å². The molecule has 1 aliphatic heterocycles. The number of nitrogens with zero attached hydrogens (tertiary/aromatic N) is 1. The van der Waals surface area contributed by atoms with Crippen molar-refractivity contribution in [1.82, 2.24) is 10.2 Å². The van der Waals surface area contributed by atoms with Crippen molar-refractivity contribution >= 4 is 18.0 Å². The summed E-state index contributed by atoms with van der Waals surface area (Å²) in [7, 11) is 1.27. The number of rotatable bonds is 4. The van der Waals surface area contributed by atoms with E-state index in [4.69, 9.17) is 9.47 Å². The fourth-order valence-corrected chi connectivity index (χ4v) is 2.74. The SMILES string of the molecule is C=CC[C@@H]1[C@@H](NC(C)=O)CN(C(=O)OC(C)(C)C)[C@@H]1C(=O)OC. The maximum atomic E-state index is 12.4. The first-order chi connectivity index (χ1) is 10.6. The van der Waals surface area contributed by atoms with E-state index >= 15 is 0 Å². The molecule has 0 spiro atoms. The monoisotopic (exact) mass is 326 g/mol. The van der Waals surface area contributed by atoms with Crippen LogP contribution in [0.15, 0.2) is 12.7 Å². The Hall–Kier alpha value is -2.05. The zero-order valence-corrected chi connectivity index (χ0v) is 14.4. The molecule has 1 heterocycles. The lowest BCUT2D eigenvalue weighted by Gasteiger charge is -2.28. The van der Waals surface area contributed by atoms with Crippen LogP contribution in [0.5, 0.6) is 0 Å². The summed E-state index contributed by atoms with van der Waals surface area (Å²) >= 11 is 0. The molecule has 0 unspecified atom stereocenters. The largest absolute Gasteiger partial charge is 0.467 e. The lowest BCUT2D eigenvalue weighted by atomic mass is 9.92. The van der Waals surface area contributed by atoms with Crippen molar-refractivity contribution in [2.75, 3.05) is 13.7 Å². The van der Waals surface area contributed by atoms with Crippen LogP contribution in [0.25, 0.3) is 0 Å². The number of nitrogens with one attached hydrogen (secondary N) is 1. The molecular weight excluding hydrogens is 300 g/mol. The summed E-state index contributed by atoms with van der Waals surface area (Å²) in [6, 6.07) is -1.17. The van der Waals surface area contributed by atoms with Crippen LogP contribution in [-0.4, -0.2) is 54.2 Å². The predicted octanol–water partition coefficient (Wildman–Crippen LogP) is 1.48. The molecule has 0 bridgehead atoms. The second kappa shape index (κ2) is 7.48. The number of methoxy groups -OCH3 is 1. The first kappa shape index (κ1) is 19.0. The van der Waals surface area contributed by atoms with Gasteiger partial charge >= 0.3 is 12.1 Å². The van der Waals surface area contributed by atoms with E-state index in [-0.39, 0.29) is 24.4 Å². The molecular formula is C16H26N2O5. The molecule has 7 heteroatoms. The van der Waals surface area contributed by atoms with E-state index in [1.807, 2.05) is 0 Å². The van der Waals surface area contributed by atoms with Crippen molar-refractivity contribution in [3.05, 3.63) is 12.7 Å². The topological polar surface area (TPSA) is 84.9 Å². The Bertz CT molecular complexity index is 483. The van der Waals surface area contributed by atoms with Gasteiger partial charge in [0.25, 0.3) is 0 Å². The fourth-order valence-electron chi connectivity index (χ4n) is 2.74. The molecule has 0 saturated carbocycles. The number of esters is 1. The number of hydrogen-bond acceptors (Lipinski definition) is 5. The molecule has 0 aliphatic carbocycles. The third kappa shape index (κ3) is 4.97. The minimum atomic E-state index is -0.815. The van der Waals surface area contributed by atoms with Crippen LogP contribution in [0.1, 0.15) is 34.1 Å². The van der Waals surface area contributed by atoms with Gasteiger partial charge in [-0.15, -0.1) is 6.58 Å². The first-order valence-corrected chi connectivity index (χ1v) is 7.56. The highest BCUT2D eigenvalue weighted by molar-refractivity contribution is 5.83. The van der Waals surface area contributed by atoms with Crippen molar-refractivity contribution < 1.29 is 23.9 Å². The van der Waals surface area contributed by atoms with Crippen molar-refractivity contribution in [3.8, 4) is 0 Å². The standard InChI is InChI=1S/C16H26N2O5/c1-7-8-11-12(17-10(2)19)9-18(13(11)14(20)22-6)15(21)23-16(3,4)5/h7,11-13H,1,8-9H2,2-6H3,(H,17,19)/t11-,12+,13+/m1/s1. The predicted molar refractivity (Wildman–Crippen MR) is 84.7 cm³/mol. The van der Waals surface area contributed by atoms with Crippen molar-refractivity contribution in [2.45, 2.75) is 51.8 Å². The van der Waals surface area contributed by atoms with Gasteiger partial charge in [0.15, 0.2) is 0 Å². The minimum absolute atomic E-state index is 0.187. The zero-order chi connectivity index (χ0) is 17.8. The van der Waals surface area contributed by atoms with Crippen LogP contribution in [-0.2, 0) is 19.1 Å². The number of amides is 2. The maximum Gasteiger partial charge on any atom is 0.411 e. The normalized spacial score (nSPS) is 24.0. The number of carbonyl (C=O) groups is 3. The Morgan fingerprint density at radius 2 is 1.96 bits per heavy atom. The Labute approximate surface area is 137 Å². The van der Waals surface area contributed by atoms with E-state index in [0.29, 0.717) is 6.42 Å². The number of allylic oxidation sites excluding steroid dienone is 1. The fraction of sp³-hybridized carbons (Fsp3) is 0.688. The number of likely N-dealkylation sites (tertiary alicyclic amines) is 1. The number of hydrogen-bond donors (Lipinski definition) is 1. The molecule has 0 aromatic rings. The molecule has 1 aliphatic rings. The average molecular weight is 326 g/mol. The molecule has 3 atom stereocenters. The third-order valence-electron chi connectivity index (χ3n) is 3.55. The van der Waals surface area contributed by atoms with Gasteiger partial charge in [-0.1, -0.05) is 6.08 Å². The van der Waals surface area contributed by atoms with E-state index in [0.717, 1.165) is 0 Å². The molecule has 130 valence electrons. The Morgan fingerprint density at radius 3 is 2.39 bits per heavy atom. The molecule has 1 saturated heterocycles. The van der Waals surface area contributed by atoms with Gasteiger partial charge in [-0.3, -0.25) is 9.69 Å². The van der Waals surface area contributed by atoms with Gasteiger partial charge in [-0.2, -0.15) is 0 Å². The molecule has 7 nitrogen and oxygen atoms in total. The second-order valence-corrected chi connectivity index (χ2v) is 6.60. The smallest absolute Gasteiger partial charge is 0.411 e. The summed E-state index contributed by atoms with van der Waals surface area (Å²) in [6.45, 7) is 10.5. The van der Waals surface area contributed by atoms with Gasteiger partial charge < -0.3 is 14.8 Å². The molecule has 23 heavy (non-hydrogen) atoms. The molecule has 0 aromatic heterocycles. The summed E-state index contributed by atoms with van der Waals surface area (Å²) in [5.74, 6) is -1.06.